The fourth-order valence-corrected chi connectivity index (χ4v) is 3.86. The van der Waals surface area contributed by atoms with E-state index >= 15 is 0 Å². The van der Waals surface area contributed by atoms with Gasteiger partial charge in [0.05, 0.1) is 5.69 Å². The second-order valence-corrected chi connectivity index (χ2v) is 7.69. The van der Waals surface area contributed by atoms with Crippen LogP contribution in [-0.2, 0) is 10.0 Å². The van der Waals surface area contributed by atoms with Gasteiger partial charge in [0.1, 0.15) is 10.7 Å². The predicted molar refractivity (Wildman–Crippen MR) is 85.6 cm³/mol. The van der Waals surface area contributed by atoms with Gasteiger partial charge in [0, 0.05) is 11.5 Å². The number of aryl methyl sites for hydroxylation is 2. The van der Waals surface area contributed by atoms with E-state index in [1.165, 1.54) is 19.2 Å². The van der Waals surface area contributed by atoms with E-state index in [2.05, 4.69) is 15.9 Å². The van der Waals surface area contributed by atoms with Crippen LogP contribution in [0.1, 0.15) is 11.1 Å². The van der Waals surface area contributed by atoms with Crippen molar-refractivity contribution in [2.45, 2.75) is 18.7 Å². The van der Waals surface area contributed by atoms with Crippen LogP contribution in [0, 0.1) is 19.7 Å². The molecular weight excluding hydrogens is 357 g/mol. The van der Waals surface area contributed by atoms with Crippen LogP contribution in [0.5, 0.6) is 0 Å². The van der Waals surface area contributed by atoms with Crippen LogP contribution in [0.15, 0.2) is 45.8 Å². The van der Waals surface area contributed by atoms with Crippen LogP contribution >= 0.6 is 15.9 Å². The molecule has 0 aliphatic rings. The number of benzene rings is 2. The largest absolute Gasteiger partial charge is 0.269 e. The van der Waals surface area contributed by atoms with Crippen molar-refractivity contribution in [2.24, 2.45) is 0 Å². The first-order valence-electron chi connectivity index (χ1n) is 6.24. The average Bonchev–Trinajstić information content (AvgIpc) is 2.43. The molecule has 21 heavy (non-hydrogen) atoms. The third-order valence-electron chi connectivity index (χ3n) is 3.24. The summed E-state index contributed by atoms with van der Waals surface area (Å²) < 4.78 is 40.8. The summed E-state index contributed by atoms with van der Waals surface area (Å²) in [6.45, 7) is 3.70. The highest BCUT2D eigenvalue weighted by Crippen LogP contribution is 2.28. The van der Waals surface area contributed by atoms with E-state index < -0.39 is 15.8 Å². The summed E-state index contributed by atoms with van der Waals surface area (Å²) in [5.74, 6) is -0.768. The normalized spacial score (nSPS) is 11.5. The zero-order valence-corrected chi connectivity index (χ0v) is 14.3. The molecule has 0 heterocycles. The first-order chi connectivity index (χ1) is 9.73. The second-order valence-electron chi connectivity index (χ2n) is 4.84. The molecule has 0 spiro atoms. The first kappa shape index (κ1) is 16.0. The third-order valence-corrected chi connectivity index (χ3v) is 5.52. The Balaban J connectivity index is 2.58. The Morgan fingerprint density at radius 2 is 1.76 bits per heavy atom. The molecule has 0 bridgehead atoms. The Morgan fingerprint density at radius 3 is 2.43 bits per heavy atom. The van der Waals surface area contributed by atoms with E-state index in [0.717, 1.165) is 21.5 Å². The zero-order valence-electron chi connectivity index (χ0n) is 11.9. The molecule has 6 heteroatoms. The number of hydrogen-bond acceptors (Lipinski definition) is 2. The molecule has 0 saturated heterocycles. The van der Waals surface area contributed by atoms with Crippen LogP contribution in [0.3, 0.4) is 0 Å². The van der Waals surface area contributed by atoms with E-state index in [1.807, 2.05) is 26.0 Å². The highest BCUT2D eigenvalue weighted by molar-refractivity contribution is 9.10. The molecule has 2 aromatic carbocycles. The minimum absolute atomic E-state index is 0.347. The van der Waals surface area contributed by atoms with Gasteiger partial charge in [-0.05, 0) is 49.2 Å². The fraction of sp³-hybridized carbons (Fsp3) is 0.200. The number of anilines is 1. The molecule has 0 aliphatic carbocycles. The van der Waals surface area contributed by atoms with E-state index in [4.69, 9.17) is 0 Å². The Labute approximate surface area is 132 Å². The van der Waals surface area contributed by atoms with Crippen LogP contribution in [0.25, 0.3) is 0 Å². The lowest BCUT2D eigenvalue weighted by Gasteiger charge is -2.22. The summed E-state index contributed by atoms with van der Waals surface area (Å²) in [6.07, 6.45) is 0. The Hall–Kier alpha value is -1.40. The number of rotatable bonds is 3. The first-order valence-corrected chi connectivity index (χ1v) is 8.48. The van der Waals surface area contributed by atoms with Crippen molar-refractivity contribution in [3.63, 3.8) is 0 Å². The van der Waals surface area contributed by atoms with Gasteiger partial charge in [0.15, 0.2) is 0 Å². The Bertz CT molecular complexity index is 790. The maximum absolute atomic E-state index is 13.9. The SMILES string of the molecule is Cc1ccc(C)c(N(C)S(=O)(=O)c2cc(Br)ccc2F)c1. The van der Waals surface area contributed by atoms with Gasteiger partial charge in [-0.3, -0.25) is 4.31 Å². The van der Waals surface area contributed by atoms with Gasteiger partial charge in [0.2, 0.25) is 0 Å². The van der Waals surface area contributed by atoms with Crippen LogP contribution in [-0.4, -0.2) is 15.5 Å². The monoisotopic (exact) mass is 371 g/mol. The molecule has 0 aromatic heterocycles. The van der Waals surface area contributed by atoms with E-state index in [-0.39, 0.29) is 4.90 Å². The molecule has 2 aromatic rings. The van der Waals surface area contributed by atoms with Crippen LogP contribution in [0.2, 0.25) is 0 Å². The van der Waals surface area contributed by atoms with Gasteiger partial charge in [-0.2, -0.15) is 0 Å². The van der Waals surface area contributed by atoms with Crippen molar-refractivity contribution in [2.75, 3.05) is 11.4 Å². The van der Waals surface area contributed by atoms with E-state index in [0.29, 0.717) is 10.2 Å². The molecule has 0 N–H and O–H groups in total. The minimum Gasteiger partial charge on any atom is -0.269 e. The lowest BCUT2D eigenvalue weighted by atomic mass is 10.1. The van der Waals surface area contributed by atoms with Gasteiger partial charge in [0.25, 0.3) is 10.0 Å². The molecule has 0 unspecified atom stereocenters. The lowest BCUT2D eigenvalue weighted by Crippen LogP contribution is -2.28. The molecule has 3 nitrogen and oxygen atoms in total. The van der Waals surface area contributed by atoms with Crippen LogP contribution in [0.4, 0.5) is 10.1 Å². The summed E-state index contributed by atoms with van der Waals surface area (Å²) in [5.41, 5.74) is 2.28. The molecule has 0 amide bonds. The summed E-state index contributed by atoms with van der Waals surface area (Å²) in [6, 6.07) is 9.38. The minimum atomic E-state index is -3.96. The van der Waals surface area contributed by atoms with Crippen molar-refractivity contribution in [1.29, 1.82) is 0 Å². The van der Waals surface area contributed by atoms with Gasteiger partial charge >= 0.3 is 0 Å². The summed E-state index contributed by atoms with van der Waals surface area (Å²) in [4.78, 5) is -0.347. The molecule has 2 rings (SSSR count). The molecule has 0 fully saturated rings. The zero-order chi connectivity index (χ0) is 15.8. The van der Waals surface area contributed by atoms with Crippen LogP contribution < -0.4 is 4.31 Å². The molecular formula is C15H15BrFNO2S. The molecule has 112 valence electrons. The summed E-state index contributed by atoms with van der Waals surface area (Å²) >= 11 is 3.17. The number of hydrogen-bond donors (Lipinski definition) is 0. The number of nitrogens with zero attached hydrogens (tertiary/aromatic N) is 1. The van der Waals surface area contributed by atoms with E-state index in [9.17, 15) is 12.8 Å². The Kier molecular flexibility index (Phi) is 4.39. The number of sulfonamides is 1. The maximum atomic E-state index is 13.9. The summed E-state index contributed by atoms with van der Waals surface area (Å²) in [5, 5.41) is 0. The van der Waals surface area contributed by atoms with Gasteiger partial charge in [-0.25, -0.2) is 12.8 Å². The fourth-order valence-electron chi connectivity index (χ4n) is 2.01. The molecule has 0 saturated carbocycles. The van der Waals surface area contributed by atoms with Crippen molar-refractivity contribution < 1.29 is 12.8 Å². The van der Waals surface area contributed by atoms with Gasteiger partial charge < -0.3 is 0 Å². The molecule has 0 aliphatic heterocycles. The molecule has 0 atom stereocenters. The number of halogens is 2. The quantitative estimate of drug-likeness (QED) is 0.816. The highest BCUT2D eigenvalue weighted by Gasteiger charge is 2.26. The highest BCUT2D eigenvalue weighted by atomic mass is 79.9. The summed E-state index contributed by atoms with van der Waals surface area (Å²) in [7, 11) is -2.53. The predicted octanol–water partition coefficient (Wildman–Crippen LogP) is 4.03. The van der Waals surface area contributed by atoms with Gasteiger partial charge in [-0.1, -0.05) is 28.1 Å². The second kappa shape index (κ2) is 5.77. The maximum Gasteiger partial charge on any atom is 0.267 e. The van der Waals surface area contributed by atoms with Crippen molar-refractivity contribution >= 4 is 31.6 Å². The molecule has 0 radical (unpaired) electrons. The average molecular weight is 372 g/mol. The smallest absolute Gasteiger partial charge is 0.267 e. The third kappa shape index (κ3) is 3.11. The topological polar surface area (TPSA) is 37.4 Å². The van der Waals surface area contributed by atoms with Crippen molar-refractivity contribution in [1.82, 2.24) is 0 Å². The standard InChI is InChI=1S/C15H15BrFNO2S/c1-10-4-5-11(2)14(8-10)18(3)21(19,20)15-9-12(16)6-7-13(15)17/h4-9H,1-3H3. The van der Waals surface area contributed by atoms with E-state index in [1.54, 1.807) is 6.07 Å². The lowest BCUT2D eigenvalue weighted by molar-refractivity contribution is 0.565. The van der Waals surface area contributed by atoms with Gasteiger partial charge in [-0.15, -0.1) is 0 Å². The van der Waals surface area contributed by atoms with Crippen molar-refractivity contribution in [3.05, 3.63) is 57.8 Å². The Morgan fingerprint density at radius 1 is 1.10 bits per heavy atom. The van der Waals surface area contributed by atoms with Crippen molar-refractivity contribution in [3.8, 4) is 0 Å².